The molecule has 2 aromatic rings. The Hall–Kier alpha value is -2.53. The van der Waals surface area contributed by atoms with Gasteiger partial charge in [0, 0.05) is 56.1 Å². The van der Waals surface area contributed by atoms with Crippen molar-refractivity contribution < 1.29 is 14.3 Å². The molecular weight excluding hydrogens is 555 g/mol. The molecule has 6 rings (SSSR count). The SMILES string of the molecule is O=C(NCC1CC1)c1c(NC(=O)C2CC2)sc2c1C[C@@H](NC(=S)N(CCN1CCOCC1)Cc1ccccc1)CC2. The van der Waals surface area contributed by atoms with Crippen LogP contribution in [0, 0.1) is 11.8 Å². The minimum Gasteiger partial charge on any atom is -0.379 e. The van der Waals surface area contributed by atoms with Crippen LogP contribution in [0.2, 0.25) is 0 Å². The molecule has 3 N–H and O–H groups in total. The van der Waals surface area contributed by atoms with Gasteiger partial charge >= 0.3 is 0 Å². The van der Waals surface area contributed by atoms with Crippen LogP contribution in [-0.4, -0.2) is 78.7 Å². The first-order valence-electron chi connectivity index (χ1n) is 15.2. The van der Waals surface area contributed by atoms with Crippen LogP contribution in [0.5, 0.6) is 0 Å². The number of rotatable bonds is 11. The van der Waals surface area contributed by atoms with Crippen LogP contribution in [0.4, 0.5) is 5.00 Å². The number of aryl methyl sites for hydroxylation is 1. The van der Waals surface area contributed by atoms with E-state index in [-0.39, 0.29) is 23.8 Å². The fourth-order valence-electron chi connectivity index (χ4n) is 5.65. The summed E-state index contributed by atoms with van der Waals surface area (Å²) in [5.41, 5.74) is 2.97. The third-order valence-corrected chi connectivity index (χ3v) is 10.1. The van der Waals surface area contributed by atoms with Gasteiger partial charge in [0.1, 0.15) is 5.00 Å². The van der Waals surface area contributed by atoms with Crippen molar-refractivity contribution >= 4 is 45.5 Å². The van der Waals surface area contributed by atoms with Crippen LogP contribution in [0.15, 0.2) is 30.3 Å². The molecule has 41 heavy (non-hydrogen) atoms. The molecule has 2 saturated carbocycles. The van der Waals surface area contributed by atoms with Crippen molar-refractivity contribution in [2.75, 3.05) is 51.3 Å². The number of hydrogen-bond acceptors (Lipinski definition) is 6. The number of ether oxygens (including phenoxy) is 1. The van der Waals surface area contributed by atoms with E-state index < -0.39 is 0 Å². The van der Waals surface area contributed by atoms with Gasteiger partial charge in [0.25, 0.3) is 5.91 Å². The molecule has 1 aromatic heterocycles. The zero-order valence-corrected chi connectivity index (χ0v) is 25.3. The number of carbonyl (C=O) groups is 2. The summed E-state index contributed by atoms with van der Waals surface area (Å²) in [6.45, 7) is 6.71. The third-order valence-electron chi connectivity index (χ3n) is 8.54. The smallest absolute Gasteiger partial charge is 0.254 e. The molecule has 8 nitrogen and oxygen atoms in total. The predicted octanol–water partition coefficient (Wildman–Crippen LogP) is 3.80. The lowest BCUT2D eigenvalue weighted by Crippen LogP contribution is -2.49. The molecule has 0 bridgehead atoms. The molecule has 0 unspecified atom stereocenters. The number of morpholine rings is 1. The van der Waals surface area contributed by atoms with Crippen LogP contribution >= 0.6 is 23.6 Å². The Balaban J connectivity index is 1.15. The van der Waals surface area contributed by atoms with Crippen molar-refractivity contribution in [3.05, 3.63) is 51.9 Å². The Morgan fingerprint density at radius 1 is 1.07 bits per heavy atom. The maximum absolute atomic E-state index is 13.4. The van der Waals surface area contributed by atoms with Gasteiger partial charge in [-0.1, -0.05) is 30.3 Å². The molecule has 10 heteroatoms. The molecule has 220 valence electrons. The highest BCUT2D eigenvalue weighted by molar-refractivity contribution is 7.80. The normalized spacial score (nSPS) is 20.6. The maximum atomic E-state index is 13.4. The molecule has 0 spiro atoms. The fourth-order valence-corrected chi connectivity index (χ4v) is 7.22. The second-order valence-electron chi connectivity index (χ2n) is 11.9. The van der Waals surface area contributed by atoms with E-state index in [9.17, 15) is 9.59 Å². The minimum atomic E-state index is -0.0556. The van der Waals surface area contributed by atoms with E-state index in [2.05, 4.69) is 50.0 Å². The molecular formula is C31H41N5O3S2. The average Bonchev–Trinajstić information content (AvgIpc) is 3.92. The van der Waals surface area contributed by atoms with E-state index in [1.165, 1.54) is 23.3 Å². The topological polar surface area (TPSA) is 85.9 Å². The molecule has 3 aliphatic carbocycles. The number of carbonyl (C=O) groups excluding carboxylic acids is 2. The highest BCUT2D eigenvalue weighted by Gasteiger charge is 2.34. The Morgan fingerprint density at radius 2 is 1.85 bits per heavy atom. The fraction of sp³-hybridized carbons (Fsp3) is 0.581. The van der Waals surface area contributed by atoms with Crippen LogP contribution in [-0.2, 0) is 28.9 Å². The number of hydrogen-bond donors (Lipinski definition) is 3. The lowest BCUT2D eigenvalue weighted by Gasteiger charge is -2.33. The number of nitrogens with zero attached hydrogens (tertiary/aromatic N) is 2. The first kappa shape index (κ1) is 28.6. The van der Waals surface area contributed by atoms with E-state index in [1.54, 1.807) is 11.3 Å². The highest BCUT2D eigenvalue weighted by Crippen LogP contribution is 2.40. The van der Waals surface area contributed by atoms with Gasteiger partial charge < -0.3 is 25.6 Å². The monoisotopic (exact) mass is 595 g/mol. The number of nitrogens with one attached hydrogen (secondary N) is 3. The summed E-state index contributed by atoms with van der Waals surface area (Å²) in [6, 6.07) is 10.6. The Morgan fingerprint density at radius 3 is 2.59 bits per heavy atom. The van der Waals surface area contributed by atoms with Gasteiger partial charge in [-0.25, -0.2) is 0 Å². The maximum Gasteiger partial charge on any atom is 0.254 e. The number of fused-ring (bicyclic) bond motifs is 1. The van der Waals surface area contributed by atoms with E-state index in [4.69, 9.17) is 17.0 Å². The molecule has 0 radical (unpaired) electrons. The lowest BCUT2D eigenvalue weighted by atomic mass is 9.91. The zero-order chi connectivity index (χ0) is 28.2. The van der Waals surface area contributed by atoms with Crippen LogP contribution in [0.25, 0.3) is 0 Å². The van der Waals surface area contributed by atoms with Gasteiger partial charge in [-0.2, -0.15) is 0 Å². The molecule has 4 aliphatic rings. The Bertz CT molecular complexity index is 1240. The molecule has 3 fully saturated rings. The molecule has 2 amide bonds. The van der Waals surface area contributed by atoms with Gasteiger partial charge in [-0.3, -0.25) is 14.5 Å². The highest BCUT2D eigenvalue weighted by atomic mass is 32.1. The number of thiocarbonyl (C=S) groups is 1. The summed E-state index contributed by atoms with van der Waals surface area (Å²) in [5.74, 6) is 0.682. The quantitative estimate of drug-likeness (QED) is 0.341. The summed E-state index contributed by atoms with van der Waals surface area (Å²) in [7, 11) is 0. The molecule has 1 aromatic carbocycles. The van der Waals surface area contributed by atoms with Gasteiger partial charge in [0.15, 0.2) is 5.11 Å². The van der Waals surface area contributed by atoms with E-state index in [1.807, 2.05) is 6.07 Å². The predicted molar refractivity (Wildman–Crippen MR) is 166 cm³/mol. The largest absolute Gasteiger partial charge is 0.379 e. The van der Waals surface area contributed by atoms with Crippen molar-refractivity contribution in [2.24, 2.45) is 11.8 Å². The Labute approximate surface area is 252 Å². The average molecular weight is 596 g/mol. The van der Waals surface area contributed by atoms with Crippen molar-refractivity contribution in [3.8, 4) is 0 Å². The van der Waals surface area contributed by atoms with Gasteiger partial charge in [0.2, 0.25) is 5.91 Å². The Kier molecular flexibility index (Phi) is 9.20. The summed E-state index contributed by atoms with van der Waals surface area (Å²) < 4.78 is 5.53. The first-order valence-corrected chi connectivity index (χ1v) is 16.4. The first-order chi connectivity index (χ1) is 20.0. The minimum absolute atomic E-state index is 0.0486. The summed E-state index contributed by atoms with van der Waals surface area (Å²) in [6.07, 6.45) is 6.77. The number of amides is 2. The summed E-state index contributed by atoms with van der Waals surface area (Å²) in [4.78, 5) is 32.0. The van der Waals surface area contributed by atoms with Gasteiger partial charge in [0.05, 0.1) is 18.8 Å². The van der Waals surface area contributed by atoms with Crippen molar-refractivity contribution in [2.45, 2.75) is 57.5 Å². The van der Waals surface area contributed by atoms with E-state index in [0.717, 1.165) is 93.7 Å². The standard InChI is InChI=1S/C31H41N5O3S2/c37-28(23-8-9-23)34-30-27(29(38)32-19-21-6-7-21)25-18-24(10-11-26(25)41-30)33-31(40)36(20-22-4-2-1-3-5-22)13-12-35-14-16-39-17-15-35/h1-5,21,23-24H,6-20H2,(H,32,38)(H,33,40)(H,34,37)/t24-/m0/s1. The van der Waals surface area contributed by atoms with Gasteiger partial charge in [-0.05, 0) is 74.2 Å². The van der Waals surface area contributed by atoms with Crippen molar-refractivity contribution in [3.63, 3.8) is 0 Å². The molecule has 1 saturated heterocycles. The number of anilines is 1. The van der Waals surface area contributed by atoms with E-state index in [0.29, 0.717) is 18.0 Å². The van der Waals surface area contributed by atoms with E-state index >= 15 is 0 Å². The number of benzene rings is 1. The zero-order valence-electron chi connectivity index (χ0n) is 23.7. The number of thiophene rings is 1. The second kappa shape index (κ2) is 13.2. The van der Waals surface area contributed by atoms with Crippen LogP contribution in [0.1, 0.15) is 58.5 Å². The lowest BCUT2D eigenvalue weighted by molar-refractivity contribution is -0.117. The molecule has 2 heterocycles. The van der Waals surface area contributed by atoms with Crippen LogP contribution < -0.4 is 16.0 Å². The van der Waals surface area contributed by atoms with Crippen molar-refractivity contribution in [1.29, 1.82) is 0 Å². The van der Waals surface area contributed by atoms with Crippen LogP contribution in [0.3, 0.4) is 0 Å². The van der Waals surface area contributed by atoms with Crippen molar-refractivity contribution in [1.82, 2.24) is 20.4 Å². The summed E-state index contributed by atoms with van der Waals surface area (Å²) in [5, 5.41) is 11.4. The summed E-state index contributed by atoms with van der Waals surface area (Å²) >= 11 is 7.61. The molecule has 1 atom stereocenters. The second-order valence-corrected chi connectivity index (χ2v) is 13.4. The third kappa shape index (κ3) is 7.66. The van der Waals surface area contributed by atoms with Gasteiger partial charge in [-0.15, -0.1) is 11.3 Å². The molecule has 1 aliphatic heterocycles.